The fraction of sp³-hybridized carbons (Fsp3) is 0.300. The van der Waals surface area contributed by atoms with Crippen molar-refractivity contribution in [2.24, 2.45) is 0 Å². The second-order valence-corrected chi connectivity index (χ2v) is 9.22. The first-order chi connectivity index (χ1) is 16.6. The number of para-hydroxylation sites is 1. The third kappa shape index (κ3) is 5.57. The van der Waals surface area contributed by atoms with Crippen molar-refractivity contribution in [1.29, 1.82) is 0 Å². The number of nitrogens with zero attached hydrogens (tertiary/aromatic N) is 2. The van der Waals surface area contributed by atoms with Crippen LogP contribution in [0.5, 0.6) is 0 Å². The van der Waals surface area contributed by atoms with Crippen LogP contribution in [0.2, 0.25) is 0 Å². The van der Waals surface area contributed by atoms with Crippen molar-refractivity contribution in [3.05, 3.63) is 101 Å². The molecule has 0 bridgehead atoms. The fourth-order valence-corrected chi connectivity index (χ4v) is 4.62. The van der Waals surface area contributed by atoms with Gasteiger partial charge in [0.2, 0.25) is 0 Å². The van der Waals surface area contributed by atoms with Gasteiger partial charge < -0.3 is 14.8 Å². The molecule has 0 spiro atoms. The van der Waals surface area contributed by atoms with Crippen molar-refractivity contribution in [2.45, 2.75) is 39.2 Å². The van der Waals surface area contributed by atoms with Crippen molar-refractivity contribution in [3.63, 3.8) is 0 Å². The summed E-state index contributed by atoms with van der Waals surface area (Å²) < 4.78 is 2.22. The van der Waals surface area contributed by atoms with E-state index in [1.165, 1.54) is 11.1 Å². The van der Waals surface area contributed by atoms with Crippen LogP contribution in [-0.2, 0) is 19.4 Å². The third-order valence-electron chi connectivity index (χ3n) is 6.25. The Morgan fingerprint density at radius 3 is 2.29 bits per heavy atom. The lowest BCUT2D eigenvalue weighted by molar-refractivity contribution is 0.101. The molecule has 4 nitrogen and oxygen atoms in total. The number of rotatable bonds is 10. The van der Waals surface area contributed by atoms with Gasteiger partial charge in [0.1, 0.15) is 5.69 Å². The fourth-order valence-electron chi connectivity index (χ4n) is 4.62. The van der Waals surface area contributed by atoms with Gasteiger partial charge in [-0.05, 0) is 68.4 Å². The average Bonchev–Trinajstić information content (AvgIpc) is 3.14. The average molecular weight is 454 g/mol. The predicted molar refractivity (Wildman–Crippen MR) is 143 cm³/mol. The minimum absolute atomic E-state index is 0.0461. The summed E-state index contributed by atoms with van der Waals surface area (Å²) in [7, 11) is 4.18. The Labute approximate surface area is 203 Å². The van der Waals surface area contributed by atoms with E-state index in [1.807, 2.05) is 18.2 Å². The summed E-state index contributed by atoms with van der Waals surface area (Å²) in [6.07, 6.45) is 3.86. The highest BCUT2D eigenvalue weighted by Gasteiger charge is 2.23. The molecule has 0 saturated carbocycles. The quantitative estimate of drug-likeness (QED) is 0.302. The van der Waals surface area contributed by atoms with E-state index in [4.69, 9.17) is 0 Å². The standard InChI is InChI=1S/C30H35N3O/c1-4-11-23-16-18-25(19-17-23)31-30(34)29-27(22-24-12-6-5-7-13-24)26-14-8-9-15-28(26)33(29)21-10-20-32(2)3/h5-9,12-19H,4,10-11,20-22H2,1-3H3,(H,31,34). The molecule has 0 atom stereocenters. The summed E-state index contributed by atoms with van der Waals surface area (Å²) in [5.74, 6) is -0.0461. The summed E-state index contributed by atoms with van der Waals surface area (Å²) in [4.78, 5) is 16.0. The molecule has 1 heterocycles. The van der Waals surface area contributed by atoms with E-state index >= 15 is 0 Å². The number of nitrogens with one attached hydrogen (secondary N) is 1. The highest BCUT2D eigenvalue weighted by molar-refractivity contribution is 6.08. The van der Waals surface area contributed by atoms with Gasteiger partial charge in [-0.3, -0.25) is 4.79 Å². The van der Waals surface area contributed by atoms with Crippen LogP contribution in [0, 0.1) is 0 Å². The molecule has 4 rings (SSSR count). The van der Waals surface area contributed by atoms with E-state index in [0.717, 1.165) is 66.6 Å². The SMILES string of the molecule is CCCc1ccc(NC(=O)c2c(Cc3ccccc3)c3ccccc3n2CCCN(C)C)cc1. The smallest absolute Gasteiger partial charge is 0.272 e. The van der Waals surface area contributed by atoms with Crippen LogP contribution in [-0.4, -0.2) is 36.0 Å². The molecule has 1 N–H and O–H groups in total. The molecule has 0 aliphatic heterocycles. The summed E-state index contributed by atoms with van der Waals surface area (Å²) in [6, 6.07) is 27.1. The second kappa shape index (κ2) is 11.2. The molecule has 176 valence electrons. The van der Waals surface area contributed by atoms with E-state index in [1.54, 1.807) is 0 Å². The van der Waals surface area contributed by atoms with Gasteiger partial charge in [0.05, 0.1) is 0 Å². The van der Waals surface area contributed by atoms with Crippen LogP contribution in [0.1, 0.15) is 46.9 Å². The van der Waals surface area contributed by atoms with E-state index in [0.29, 0.717) is 0 Å². The number of hydrogen-bond acceptors (Lipinski definition) is 2. The van der Waals surface area contributed by atoms with Crippen molar-refractivity contribution >= 4 is 22.5 Å². The zero-order chi connectivity index (χ0) is 23.9. The molecule has 4 aromatic rings. The molecule has 1 amide bonds. The van der Waals surface area contributed by atoms with Gasteiger partial charge in [0.25, 0.3) is 5.91 Å². The van der Waals surface area contributed by atoms with Crippen molar-refractivity contribution in [3.8, 4) is 0 Å². The van der Waals surface area contributed by atoms with Crippen molar-refractivity contribution in [2.75, 3.05) is 26.0 Å². The number of carbonyl (C=O) groups is 1. The Morgan fingerprint density at radius 1 is 0.882 bits per heavy atom. The van der Waals surface area contributed by atoms with Gasteiger partial charge in [-0.25, -0.2) is 0 Å². The van der Waals surface area contributed by atoms with Gasteiger partial charge in [-0.15, -0.1) is 0 Å². The number of benzene rings is 3. The molecule has 34 heavy (non-hydrogen) atoms. The number of hydrogen-bond donors (Lipinski definition) is 1. The minimum Gasteiger partial charge on any atom is -0.336 e. The summed E-state index contributed by atoms with van der Waals surface area (Å²) in [5.41, 5.74) is 6.31. The monoisotopic (exact) mass is 453 g/mol. The summed E-state index contributed by atoms with van der Waals surface area (Å²) in [5, 5.41) is 4.34. The molecular weight excluding hydrogens is 418 g/mol. The zero-order valence-electron chi connectivity index (χ0n) is 20.6. The van der Waals surface area contributed by atoms with Crippen LogP contribution in [0.3, 0.4) is 0 Å². The van der Waals surface area contributed by atoms with Crippen LogP contribution in [0.25, 0.3) is 10.9 Å². The maximum Gasteiger partial charge on any atom is 0.272 e. The number of aryl methyl sites for hydroxylation is 2. The molecule has 4 heteroatoms. The molecule has 0 aliphatic rings. The van der Waals surface area contributed by atoms with Gasteiger partial charge in [-0.2, -0.15) is 0 Å². The summed E-state index contributed by atoms with van der Waals surface area (Å²) in [6.45, 7) is 3.95. The molecule has 0 aliphatic carbocycles. The van der Waals surface area contributed by atoms with Gasteiger partial charge >= 0.3 is 0 Å². The number of carbonyl (C=O) groups excluding carboxylic acids is 1. The third-order valence-corrected chi connectivity index (χ3v) is 6.25. The molecule has 0 radical (unpaired) electrons. The van der Waals surface area contributed by atoms with Crippen molar-refractivity contribution < 1.29 is 4.79 Å². The predicted octanol–water partition coefficient (Wildman–Crippen LogP) is 6.39. The first kappa shape index (κ1) is 23.8. The number of aromatic nitrogens is 1. The Kier molecular flexibility index (Phi) is 7.81. The number of amides is 1. The van der Waals surface area contributed by atoms with E-state index in [9.17, 15) is 4.79 Å². The Bertz CT molecular complexity index is 1220. The zero-order valence-corrected chi connectivity index (χ0v) is 20.6. The lowest BCUT2D eigenvalue weighted by Gasteiger charge is -2.15. The minimum atomic E-state index is -0.0461. The molecule has 3 aromatic carbocycles. The molecule has 0 saturated heterocycles. The Hall–Kier alpha value is -3.37. The number of anilines is 1. The molecule has 0 fully saturated rings. The highest BCUT2D eigenvalue weighted by Crippen LogP contribution is 2.30. The maximum atomic E-state index is 13.8. The van der Waals surface area contributed by atoms with Crippen LogP contribution in [0.4, 0.5) is 5.69 Å². The van der Waals surface area contributed by atoms with Gasteiger partial charge in [-0.1, -0.05) is 74.0 Å². The van der Waals surface area contributed by atoms with E-state index < -0.39 is 0 Å². The number of fused-ring (bicyclic) bond motifs is 1. The van der Waals surface area contributed by atoms with Crippen LogP contribution in [0.15, 0.2) is 78.9 Å². The normalized spacial score (nSPS) is 11.3. The first-order valence-electron chi connectivity index (χ1n) is 12.3. The van der Waals surface area contributed by atoms with E-state index in [2.05, 4.69) is 96.5 Å². The Balaban J connectivity index is 1.74. The van der Waals surface area contributed by atoms with Gasteiger partial charge in [0.15, 0.2) is 0 Å². The maximum absolute atomic E-state index is 13.8. The molecular formula is C30H35N3O. The lowest BCUT2D eigenvalue weighted by Crippen LogP contribution is -2.21. The van der Waals surface area contributed by atoms with Crippen LogP contribution >= 0.6 is 0 Å². The molecule has 1 aromatic heterocycles. The van der Waals surface area contributed by atoms with E-state index in [-0.39, 0.29) is 5.91 Å². The Morgan fingerprint density at radius 2 is 1.59 bits per heavy atom. The largest absolute Gasteiger partial charge is 0.336 e. The van der Waals surface area contributed by atoms with Crippen molar-refractivity contribution in [1.82, 2.24) is 9.47 Å². The topological polar surface area (TPSA) is 37.3 Å². The first-order valence-corrected chi connectivity index (χ1v) is 12.3. The van der Waals surface area contributed by atoms with Gasteiger partial charge in [0, 0.05) is 29.6 Å². The highest BCUT2D eigenvalue weighted by atomic mass is 16.2. The lowest BCUT2D eigenvalue weighted by atomic mass is 10.0. The van der Waals surface area contributed by atoms with Crippen LogP contribution < -0.4 is 5.32 Å². The molecule has 0 unspecified atom stereocenters. The summed E-state index contributed by atoms with van der Waals surface area (Å²) >= 11 is 0. The second-order valence-electron chi connectivity index (χ2n) is 9.22.